The lowest BCUT2D eigenvalue weighted by atomic mass is 9.92. The van der Waals surface area contributed by atoms with Crippen molar-refractivity contribution in [1.82, 2.24) is 14.5 Å². The highest BCUT2D eigenvalue weighted by molar-refractivity contribution is 6.34. The molecular weight excluding hydrogens is 491 g/mol. The molecule has 1 aliphatic rings. The van der Waals surface area contributed by atoms with Gasteiger partial charge < -0.3 is 9.69 Å². The first-order valence-corrected chi connectivity index (χ1v) is 12.1. The zero-order valence-corrected chi connectivity index (χ0v) is 21.1. The molecule has 2 aromatic heterocycles. The summed E-state index contributed by atoms with van der Waals surface area (Å²) in [5.74, 6) is -0.0745. The number of aromatic nitrogens is 2. The van der Waals surface area contributed by atoms with E-state index in [0.717, 1.165) is 49.5 Å². The molecule has 0 N–H and O–H groups in total. The molecule has 190 valence electrons. The summed E-state index contributed by atoms with van der Waals surface area (Å²) in [4.78, 5) is 30.5. The van der Waals surface area contributed by atoms with Crippen molar-refractivity contribution < 1.29 is 22.8 Å². The Morgan fingerprint density at radius 3 is 2.50 bits per heavy atom. The Labute approximate surface area is 212 Å². The summed E-state index contributed by atoms with van der Waals surface area (Å²) in [5, 5.41) is 0.562. The van der Waals surface area contributed by atoms with Gasteiger partial charge in [-0.15, -0.1) is 0 Å². The minimum Gasteiger partial charge on any atom is -0.372 e. The second kappa shape index (κ2) is 9.73. The van der Waals surface area contributed by atoms with Crippen LogP contribution in [0.5, 0.6) is 0 Å². The van der Waals surface area contributed by atoms with E-state index >= 15 is 0 Å². The molecule has 1 fully saturated rings. The third-order valence-electron chi connectivity index (χ3n) is 7.03. The van der Waals surface area contributed by atoms with Crippen molar-refractivity contribution in [1.29, 1.82) is 0 Å². The number of hydrogen-bond acceptors (Lipinski definition) is 4. The molecule has 1 saturated heterocycles. The van der Waals surface area contributed by atoms with Gasteiger partial charge in [0.1, 0.15) is 12.0 Å². The highest BCUT2D eigenvalue weighted by atomic mass is 35.5. The first-order chi connectivity index (χ1) is 16.9. The molecule has 1 aromatic carbocycles. The Morgan fingerprint density at radius 2 is 1.89 bits per heavy atom. The molecule has 36 heavy (non-hydrogen) atoms. The summed E-state index contributed by atoms with van der Waals surface area (Å²) in [6.45, 7) is 10.7. The monoisotopic (exact) mass is 517 g/mol. The van der Waals surface area contributed by atoms with Crippen LogP contribution in [0.4, 0.5) is 13.2 Å². The normalized spacial score (nSPS) is 14.9. The number of fused-ring (bicyclic) bond motifs is 1. The zero-order chi connectivity index (χ0) is 26.4. The van der Waals surface area contributed by atoms with E-state index in [0.29, 0.717) is 34.4 Å². The zero-order valence-electron chi connectivity index (χ0n) is 20.4. The fraction of sp³-hybridized carbons (Fsp3) is 0.370. The standard InChI is InChI=1S/C27H27ClF3N3O2/c1-15-14-34(25-17(3)32-23(13-21(15)25)27(29,30)31)26(36)24-16(2)20(5-6-22(24)28)18(4)33-10-7-19(8-11-33)9-12-35/h5-6,12-14,19H,4,7-11H2,1-3H3. The van der Waals surface area contributed by atoms with Crippen LogP contribution in [0.3, 0.4) is 0 Å². The van der Waals surface area contributed by atoms with E-state index < -0.39 is 17.8 Å². The number of aryl methyl sites for hydroxylation is 2. The number of hydrogen-bond donors (Lipinski definition) is 0. The van der Waals surface area contributed by atoms with Gasteiger partial charge in [-0.3, -0.25) is 9.36 Å². The predicted molar refractivity (Wildman–Crippen MR) is 134 cm³/mol. The molecule has 0 amide bonds. The number of aldehydes is 1. The van der Waals surface area contributed by atoms with Gasteiger partial charge in [-0.1, -0.05) is 24.2 Å². The molecule has 4 rings (SSSR count). The van der Waals surface area contributed by atoms with E-state index in [1.807, 2.05) is 6.07 Å². The molecule has 0 saturated carbocycles. The average molecular weight is 518 g/mol. The van der Waals surface area contributed by atoms with E-state index in [9.17, 15) is 22.8 Å². The summed E-state index contributed by atoms with van der Waals surface area (Å²) in [6, 6.07) is 4.45. The second-order valence-electron chi connectivity index (χ2n) is 9.35. The van der Waals surface area contributed by atoms with Crippen LogP contribution in [0.25, 0.3) is 16.6 Å². The minimum atomic E-state index is -4.59. The number of carbonyl (C=O) groups excluding carboxylic acids is 2. The van der Waals surface area contributed by atoms with Gasteiger partial charge in [-0.2, -0.15) is 13.2 Å². The average Bonchev–Trinajstić information content (AvgIpc) is 3.16. The number of rotatable bonds is 5. The highest BCUT2D eigenvalue weighted by Gasteiger charge is 2.34. The Kier molecular flexibility index (Phi) is 7.01. The first-order valence-electron chi connectivity index (χ1n) is 11.7. The van der Waals surface area contributed by atoms with Crippen molar-refractivity contribution in [2.24, 2.45) is 5.92 Å². The lowest BCUT2D eigenvalue weighted by Gasteiger charge is -2.35. The molecular formula is C27H27ClF3N3O2. The van der Waals surface area contributed by atoms with Gasteiger partial charge in [0.25, 0.3) is 5.91 Å². The summed E-state index contributed by atoms with van der Waals surface area (Å²) in [6.07, 6.45) is 0.227. The summed E-state index contributed by atoms with van der Waals surface area (Å²) in [7, 11) is 0. The van der Waals surface area contributed by atoms with Gasteiger partial charge in [0.2, 0.25) is 0 Å². The Bertz CT molecular complexity index is 1370. The van der Waals surface area contributed by atoms with Gasteiger partial charge >= 0.3 is 6.18 Å². The number of nitrogens with zero attached hydrogens (tertiary/aromatic N) is 3. The van der Waals surface area contributed by atoms with Crippen LogP contribution >= 0.6 is 11.6 Å². The van der Waals surface area contributed by atoms with Crippen LogP contribution in [0.15, 0.2) is 31.0 Å². The van der Waals surface area contributed by atoms with Crippen LogP contribution in [0.2, 0.25) is 5.02 Å². The Hall–Kier alpha value is -3.13. The number of carbonyl (C=O) groups is 2. The van der Waals surface area contributed by atoms with E-state index in [-0.39, 0.29) is 16.3 Å². The van der Waals surface area contributed by atoms with Gasteiger partial charge in [0.05, 0.1) is 21.8 Å². The third kappa shape index (κ3) is 4.66. The number of piperidine rings is 1. The molecule has 0 aliphatic carbocycles. The maximum absolute atomic E-state index is 13.8. The van der Waals surface area contributed by atoms with Crippen molar-refractivity contribution >= 4 is 40.4 Å². The Balaban J connectivity index is 1.73. The van der Waals surface area contributed by atoms with Gasteiger partial charge in [-0.25, -0.2) is 4.98 Å². The summed E-state index contributed by atoms with van der Waals surface area (Å²) in [5.41, 5.74) is 2.42. The molecule has 3 aromatic rings. The molecule has 0 radical (unpaired) electrons. The lowest BCUT2D eigenvalue weighted by Crippen LogP contribution is -2.32. The number of likely N-dealkylation sites (tertiary alicyclic amines) is 1. The third-order valence-corrected chi connectivity index (χ3v) is 7.34. The fourth-order valence-corrected chi connectivity index (χ4v) is 5.31. The van der Waals surface area contributed by atoms with Crippen molar-refractivity contribution in [3.8, 4) is 0 Å². The molecule has 9 heteroatoms. The topological polar surface area (TPSA) is 55.2 Å². The quantitative estimate of drug-likeness (QED) is 0.358. The largest absolute Gasteiger partial charge is 0.433 e. The number of halogens is 4. The molecule has 0 atom stereocenters. The number of benzene rings is 1. The molecule has 0 spiro atoms. The minimum absolute atomic E-state index is 0.105. The van der Waals surface area contributed by atoms with E-state index in [2.05, 4.69) is 16.5 Å². The Morgan fingerprint density at radius 1 is 1.22 bits per heavy atom. The van der Waals surface area contributed by atoms with E-state index in [1.165, 1.54) is 17.7 Å². The van der Waals surface area contributed by atoms with Gasteiger partial charge in [0.15, 0.2) is 0 Å². The lowest BCUT2D eigenvalue weighted by molar-refractivity contribution is -0.141. The van der Waals surface area contributed by atoms with Crippen molar-refractivity contribution in [3.63, 3.8) is 0 Å². The molecule has 5 nitrogen and oxygen atoms in total. The van der Waals surface area contributed by atoms with E-state index in [4.69, 9.17) is 11.6 Å². The van der Waals surface area contributed by atoms with Crippen LogP contribution in [-0.4, -0.2) is 39.7 Å². The smallest absolute Gasteiger partial charge is 0.372 e. The van der Waals surface area contributed by atoms with Crippen LogP contribution in [-0.2, 0) is 11.0 Å². The van der Waals surface area contributed by atoms with Crippen LogP contribution in [0, 0.1) is 26.7 Å². The number of alkyl halides is 3. The second-order valence-corrected chi connectivity index (χ2v) is 9.76. The molecule has 0 bridgehead atoms. The predicted octanol–water partition coefficient (Wildman–Crippen LogP) is 6.59. The van der Waals surface area contributed by atoms with Gasteiger partial charge in [0, 0.05) is 42.4 Å². The van der Waals surface area contributed by atoms with Crippen LogP contribution < -0.4 is 0 Å². The summed E-state index contributed by atoms with van der Waals surface area (Å²) < 4.78 is 41.3. The highest BCUT2D eigenvalue weighted by Crippen LogP contribution is 2.35. The fourth-order valence-electron chi connectivity index (χ4n) is 5.02. The van der Waals surface area contributed by atoms with Crippen molar-refractivity contribution in [2.45, 2.75) is 46.2 Å². The summed E-state index contributed by atoms with van der Waals surface area (Å²) >= 11 is 6.50. The van der Waals surface area contributed by atoms with Crippen LogP contribution in [0.1, 0.15) is 57.7 Å². The maximum Gasteiger partial charge on any atom is 0.433 e. The van der Waals surface area contributed by atoms with E-state index in [1.54, 1.807) is 19.9 Å². The van der Waals surface area contributed by atoms with Crippen molar-refractivity contribution in [2.75, 3.05) is 13.1 Å². The SMILES string of the molecule is C=C(c1ccc(Cl)c(C(=O)n2cc(C)c3cc(C(F)(F)F)nc(C)c32)c1C)N1CCC(CC=O)CC1. The van der Waals surface area contributed by atoms with Crippen molar-refractivity contribution in [3.05, 3.63) is 69.6 Å². The maximum atomic E-state index is 13.8. The molecule has 3 heterocycles. The first kappa shape index (κ1) is 25.9. The molecule has 1 aliphatic heterocycles. The molecule has 0 unspecified atom stereocenters. The van der Waals surface area contributed by atoms with Gasteiger partial charge in [-0.05, 0) is 62.8 Å². The number of pyridine rings is 1.